The Labute approximate surface area is 142 Å². The molecule has 0 amide bonds. The van der Waals surface area contributed by atoms with E-state index in [9.17, 15) is 26.4 Å². The maximum atomic E-state index is 12.6. The monoisotopic (exact) mass is 373 g/mol. The van der Waals surface area contributed by atoms with Gasteiger partial charge in [0, 0.05) is 5.56 Å². The average Bonchev–Trinajstić information content (AvgIpc) is 2.59. The second kappa shape index (κ2) is 6.83. The van der Waals surface area contributed by atoms with Crippen molar-refractivity contribution < 1.29 is 31.1 Å². The lowest BCUT2D eigenvalue weighted by atomic mass is 10.1. The maximum Gasteiger partial charge on any atom is 0.416 e. The van der Waals surface area contributed by atoms with Crippen LogP contribution in [0.25, 0.3) is 11.3 Å². The van der Waals surface area contributed by atoms with Crippen LogP contribution in [0.15, 0.2) is 41.3 Å². The first-order valence-corrected chi connectivity index (χ1v) is 8.75. The summed E-state index contributed by atoms with van der Waals surface area (Å²) in [7, 11) is -2.64. The fourth-order valence-electron chi connectivity index (χ4n) is 2.09. The molecule has 0 unspecified atom stereocenters. The summed E-state index contributed by atoms with van der Waals surface area (Å²) in [5.74, 6) is -1.18. The Morgan fingerprint density at radius 2 is 1.72 bits per heavy atom. The van der Waals surface area contributed by atoms with Gasteiger partial charge in [0.15, 0.2) is 15.5 Å². The summed E-state index contributed by atoms with van der Waals surface area (Å²) in [4.78, 5) is 15.6. The number of alkyl halides is 3. The quantitative estimate of drug-likeness (QED) is 0.769. The van der Waals surface area contributed by atoms with E-state index in [-0.39, 0.29) is 16.3 Å². The number of ether oxygens (including phenoxy) is 1. The zero-order valence-corrected chi connectivity index (χ0v) is 14.1. The van der Waals surface area contributed by atoms with E-state index in [1.807, 2.05) is 0 Å². The highest BCUT2D eigenvalue weighted by atomic mass is 32.2. The van der Waals surface area contributed by atoms with Gasteiger partial charge in [0.2, 0.25) is 0 Å². The van der Waals surface area contributed by atoms with Crippen molar-refractivity contribution in [2.45, 2.75) is 18.0 Å². The molecule has 0 aliphatic carbocycles. The smallest absolute Gasteiger partial charge is 0.416 e. The number of sulfone groups is 1. The van der Waals surface area contributed by atoms with Gasteiger partial charge < -0.3 is 4.74 Å². The van der Waals surface area contributed by atoms with Crippen LogP contribution in [0.4, 0.5) is 13.2 Å². The molecule has 5 nitrogen and oxygen atoms in total. The minimum atomic E-state index is -4.47. The molecule has 0 aliphatic rings. The molecular weight excluding hydrogens is 359 g/mol. The van der Waals surface area contributed by atoms with Gasteiger partial charge in [0.05, 0.1) is 24.1 Å². The Bertz CT molecular complexity index is 891. The highest BCUT2D eigenvalue weighted by Crippen LogP contribution is 2.31. The lowest BCUT2D eigenvalue weighted by Gasteiger charge is -2.10. The van der Waals surface area contributed by atoms with Crippen LogP contribution in [0, 0.1) is 0 Å². The second-order valence-corrected chi connectivity index (χ2v) is 7.26. The number of hydrogen-bond donors (Lipinski definition) is 0. The number of rotatable bonds is 4. The van der Waals surface area contributed by atoms with Crippen LogP contribution in [-0.2, 0) is 20.8 Å². The number of esters is 1. The predicted molar refractivity (Wildman–Crippen MR) is 83.7 cm³/mol. The molecule has 0 radical (unpaired) electrons. The molecule has 2 rings (SSSR count). The average molecular weight is 373 g/mol. The van der Waals surface area contributed by atoms with Crippen LogP contribution >= 0.6 is 0 Å². The Kier molecular flexibility index (Phi) is 5.17. The van der Waals surface area contributed by atoms with Crippen LogP contribution in [0.5, 0.6) is 0 Å². The lowest BCUT2D eigenvalue weighted by Crippen LogP contribution is -2.14. The fraction of sp³-hybridized carbons (Fsp3) is 0.250. The Morgan fingerprint density at radius 3 is 2.20 bits per heavy atom. The molecule has 25 heavy (non-hydrogen) atoms. The van der Waals surface area contributed by atoms with Gasteiger partial charge in [0.1, 0.15) is 4.90 Å². The van der Waals surface area contributed by atoms with E-state index in [4.69, 9.17) is 0 Å². The standard InChI is InChI=1S/C16H14F3NO4S/c1-3-25(22,23)13-9-8-12(20-14(13)15(21)24-2)10-4-6-11(7-5-10)16(17,18)19/h4-9H,3H2,1-2H3. The van der Waals surface area contributed by atoms with Gasteiger partial charge in [0.25, 0.3) is 0 Å². The van der Waals surface area contributed by atoms with Crippen molar-refractivity contribution >= 4 is 15.8 Å². The molecule has 0 bridgehead atoms. The fourth-order valence-corrected chi connectivity index (χ4v) is 3.10. The summed E-state index contributed by atoms with van der Waals surface area (Å²) in [6.45, 7) is 1.42. The van der Waals surface area contributed by atoms with Crippen LogP contribution < -0.4 is 0 Å². The van der Waals surface area contributed by atoms with Crippen LogP contribution in [0.2, 0.25) is 0 Å². The number of benzene rings is 1. The SMILES string of the molecule is CCS(=O)(=O)c1ccc(-c2ccc(C(F)(F)F)cc2)nc1C(=O)OC. The van der Waals surface area contributed by atoms with Gasteiger partial charge in [-0.05, 0) is 24.3 Å². The normalized spacial score (nSPS) is 12.0. The highest BCUT2D eigenvalue weighted by Gasteiger charge is 2.30. The van der Waals surface area contributed by atoms with Gasteiger partial charge in [-0.3, -0.25) is 0 Å². The van der Waals surface area contributed by atoms with Crippen molar-refractivity contribution in [3.8, 4) is 11.3 Å². The number of halogens is 3. The molecule has 134 valence electrons. The molecule has 0 fully saturated rings. The summed E-state index contributed by atoms with van der Waals surface area (Å²) < 4.78 is 66.6. The minimum Gasteiger partial charge on any atom is -0.464 e. The number of carbonyl (C=O) groups excluding carboxylic acids is 1. The molecular formula is C16H14F3NO4S. The van der Waals surface area contributed by atoms with E-state index in [1.165, 1.54) is 31.2 Å². The number of nitrogens with zero attached hydrogens (tertiary/aromatic N) is 1. The third-order valence-corrected chi connectivity index (χ3v) is 5.22. The summed E-state index contributed by atoms with van der Waals surface area (Å²) in [5.41, 5.74) is -0.765. The summed E-state index contributed by atoms with van der Waals surface area (Å²) in [6, 6.07) is 6.68. The van der Waals surface area contributed by atoms with Crippen molar-refractivity contribution in [2.24, 2.45) is 0 Å². The molecule has 2 aromatic rings. The van der Waals surface area contributed by atoms with E-state index in [0.717, 1.165) is 19.2 Å². The zero-order chi connectivity index (χ0) is 18.8. The molecule has 0 saturated heterocycles. The van der Waals surface area contributed by atoms with E-state index >= 15 is 0 Å². The number of pyridine rings is 1. The molecule has 0 spiro atoms. The first-order chi connectivity index (χ1) is 11.6. The third kappa shape index (κ3) is 3.98. The third-order valence-electron chi connectivity index (χ3n) is 3.46. The van der Waals surface area contributed by atoms with Crippen LogP contribution in [0.3, 0.4) is 0 Å². The summed E-state index contributed by atoms with van der Waals surface area (Å²) >= 11 is 0. The van der Waals surface area contributed by atoms with E-state index in [1.54, 1.807) is 0 Å². The van der Waals surface area contributed by atoms with E-state index < -0.39 is 33.2 Å². The molecule has 1 aromatic carbocycles. The van der Waals surface area contributed by atoms with Gasteiger partial charge in [-0.1, -0.05) is 19.1 Å². The molecule has 0 saturated carbocycles. The second-order valence-electron chi connectivity index (χ2n) is 5.01. The molecule has 0 N–H and O–H groups in total. The Morgan fingerprint density at radius 1 is 1.12 bits per heavy atom. The molecule has 0 aliphatic heterocycles. The van der Waals surface area contributed by atoms with Gasteiger partial charge in [-0.25, -0.2) is 18.2 Å². The molecule has 9 heteroatoms. The first-order valence-electron chi connectivity index (χ1n) is 7.10. The molecule has 1 aromatic heterocycles. The highest BCUT2D eigenvalue weighted by molar-refractivity contribution is 7.91. The zero-order valence-electron chi connectivity index (χ0n) is 13.3. The molecule has 0 atom stereocenters. The van der Waals surface area contributed by atoms with E-state index in [2.05, 4.69) is 9.72 Å². The van der Waals surface area contributed by atoms with Gasteiger partial charge >= 0.3 is 12.1 Å². The lowest BCUT2D eigenvalue weighted by molar-refractivity contribution is -0.137. The minimum absolute atomic E-state index is 0.157. The van der Waals surface area contributed by atoms with Crippen molar-refractivity contribution in [2.75, 3.05) is 12.9 Å². The van der Waals surface area contributed by atoms with Gasteiger partial charge in [-0.2, -0.15) is 13.2 Å². The largest absolute Gasteiger partial charge is 0.464 e. The molecule has 1 heterocycles. The first kappa shape index (κ1) is 18.9. The van der Waals surface area contributed by atoms with Crippen molar-refractivity contribution in [3.63, 3.8) is 0 Å². The Balaban J connectivity index is 2.56. The summed E-state index contributed by atoms with van der Waals surface area (Å²) in [6.07, 6.45) is -4.47. The topological polar surface area (TPSA) is 73.3 Å². The summed E-state index contributed by atoms with van der Waals surface area (Å²) in [5, 5.41) is 0. The van der Waals surface area contributed by atoms with Crippen molar-refractivity contribution in [3.05, 3.63) is 47.7 Å². The number of aromatic nitrogens is 1. The van der Waals surface area contributed by atoms with Gasteiger partial charge in [-0.15, -0.1) is 0 Å². The Hall–Kier alpha value is -2.42. The van der Waals surface area contributed by atoms with Crippen molar-refractivity contribution in [1.29, 1.82) is 0 Å². The number of methoxy groups -OCH3 is 1. The van der Waals surface area contributed by atoms with Crippen molar-refractivity contribution in [1.82, 2.24) is 4.98 Å². The van der Waals surface area contributed by atoms with E-state index in [0.29, 0.717) is 5.56 Å². The number of carbonyl (C=O) groups is 1. The maximum absolute atomic E-state index is 12.6. The van der Waals surface area contributed by atoms with Crippen LogP contribution in [0.1, 0.15) is 23.0 Å². The predicted octanol–water partition coefficient (Wildman–Crippen LogP) is 3.35. The number of hydrogen-bond acceptors (Lipinski definition) is 5. The van der Waals surface area contributed by atoms with Crippen LogP contribution in [-0.4, -0.2) is 32.2 Å².